The average Bonchev–Trinajstić information content (AvgIpc) is 2.98. The van der Waals surface area contributed by atoms with Gasteiger partial charge in [0.15, 0.2) is 12.1 Å². The van der Waals surface area contributed by atoms with Gasteiger partial charge in [-0.15, -0.1) is 5.10 Å². The van der Waals surface area contributed by atoms with Crippen LogP contribution in [-0.2, 0) is 16.0 Å². The quantitative estimate of drug-likeness (QED) is 0.861. The molecule has 124 valence electrons. The van der Waals surface area contributed by atoms with Crippen molar-refractivity contribution in [3.8, 4) is 0 Å². The summed E-state index contributed by atoms with van der Waals surface area (Å²) in [7, 11) is 1.93. The number of rotatable bonds is 4. The van der Waals surface area contributed by atoms with Gasteiger partial charge in [0, 0.05) is 18.7 Å². The van der Waals surface area contributed by atoms with Gasteiger partial charge < -0.3 is 14.4 Å². The second-order valence-corrected chi connectivity index (χ2v) is 6.72. The molecule has 0 saturated carbocycles. The summed E-state index contributed by atoms with van der Waals surface area (Å²) in [5.74, 6) is 1.61. The number of hydrogen-bond donors (Lipinski definition) is 0. The molecule has 0 aromatic carbocycles. The van der Waals surface area contributed by atoms with E-state index in [2.05, 4.69) is 29.1 Å². The number of aryl methyl sites for hydroxylation is 1. The second-order valence-electron chi connectivity index (χ2n) is 6.72. The Kier molecular flexibility index (Phi) is 4.32. The second kappa shape index (κ2) is 6.25. The van der Waals surface area contributed by atoms with Crippen molar-refractivity contribution in [2.75, 3.05) is 25.2 Å². The van der Waals surface area contributed by atoms with Gasteiger partial charge in [-0.2, -0.15) is 0 Å². The molecule has 0 unspecified atom stereocenters. The highest BCUT2D eigenvalue weighted by atomic mass is 16.7. The zero-order chi connectivity index (χ0) is 16.4. The molecule has 0 radical (unpaired) electrons. The lowest BCUT2D eigenvalue weighted by Gasteiger charge is -2.34. The minimum atomic E-state index is -0.278. The van der Waals surface area contributed by atoms with Crippen molar-refractivity contribution in [3.63, 3.8) is 0 Å². The summed E-state index contributed by atoms with van der Waals surface area (Å²) in [6.45, 7) is 8.17. The largest absolute Gasteiger partial charge is 0.350 e. The fourth-order valence-electron chi connectivity index (χ4n) is 2.45. The minimum absolute atomic E-state index is 0.0702. The number of hydrogen-bond acceptors (Lipinski definition) is 6. The first kappa shape index (κ1) is 15.9. The molecule has 1 aliphatic heterocycles. The van der Waals surface area contributed by atoms with Gasteiger partial charge in [-0.25, -0.2) is 9.67 Å². The molecule has 7 heteroatoms. The van der Waals surface area contributed by atoms with Gasteiger partial charge in [0.25, 0.3) is 0 Å². The molecule has 0 aliphatic carbocycles. The van der Waals surface area contributed by atoms with E-state index in [1.54, 1.807) is 10.9 Å². The maximum Gasteiger partial charge on any atom is 0.177 e. The molecule has 2 aromatic rings. The Balaban J connectivity index is 1.65. The van der Waals surface area contributed by atoms with Crippen molar-refractivity contribution in [2.24, 2.45) is 5.41 Å². The summed E-state index contributed by atoms with van der Waals surface area (Å²) in [6, 6.07) is 3.94. The zero-order valence-corrected chi connectivity index (χ0v) is 14.1. The molecule has 1 aliphatic rings. The number of pyridine rings is 1. The highest BCUT2D eigenvalue weighted by Gasteiger charge is 2.28. The van der Waals surface area contributed by atoms with Gasteiger partial charge in [0.2, 0.25) is 0 Å². The highest BCUT2D eigenvalue weighted by Crippen LogP contribution is 2.24. The lowest BCUT2D eigenvalue weighted by atomic mass is 9.96. The van der Waals surface area contributed by atoms with E-state index in [1.165, 1.54) is 0 Å². The summed E-state index contributed by atoms with van der Waals surface area (Å²) >= 11 is 0. The molecule has 23 heavy (non-hydrogen) atoms. The van der Waals surface area contributed by atoms with E-state index in [4.69, 9.17) is 9.47 Å². The van der Waals surface area contributed by atoms with Gasteiger partial charge >= 0.3 is 0 Å². The Bertz CT molecular complexity index is 660. The topological polar surface area (TPSA) is 65.3 Å². The molecule has 0 N–H and O–H groups in total. The molecule has 1 saturated heterocycles. The van der Waals surface area contributed by atoms with Crippen LogP contribution in [0.3, 0.4) is 0 Å². The fraction of sp³-hybridized carbons (Fsp3) is 0.562. The van der Waals surface area contributed by atoms with Crippen LogP contribution in [0.15, 0.2) is 24.5 Å². The van der Waals surface area contributed by atoms with Crippen molar-refractivity contribution >= 4 is 11.6 Å². The zero-order valence-electron chi connectivity index (χ0n) is 14.1. The van der Waals surface area contributed by atoms with Crippen molar-refractivity contribution in [1.29, 1.82) is 0 Å². The first-order valence-electron chi connectivity index (χ1n) is 7.73. The van der Waals surface area contributed by atoms with Gasteiger partial charge in [-0.05, 0) is 18.6 Å². The van der Waals surface area contributed by atoms with Gasteiger partial charge in [-0.3, -0.25) is 0 Å². The molecule has 7 nitrogen and oxygen atoms in total. The molecule has 3 rings (SSSR count). The fourth-order valence-corrected chi connectivity index (χ4v) is 2.45. The summed E-state index contributed by atoms with van der Waals surface area (Å²) in [5.41, 5.74) is 1.16. The van der Waals surface area contributed by atoms with Crippen LogP contribution in [0.1, 0.15) is 19.4 Å². The molecule has 3 heterocycles. The molecule has 0 spiro atoms. The lowest BCUT2D eigenvalue weighted by molar-refractivity contribution is -0.227. The monoisotopic (exact) mass is 317 g/mol. The SMILES string of the molecule is Cc1cccnc1N(C)c1cn(CC2OCC(C)(C)CO2)nn1. The van der Waals surface area contributed by atoms with E-state index in [0.29, 0.717) is 19.8 Å². The van der Waals surface area contributed by atoms with Crippen LogP contribution in [0.25, 0.3) is 0 Å². The first-order chi connectivity index (χ1) is 10.9. The van der Waals surface area contributed by atoms with Crippen LogP contribution in [0, 0.1) is 12.3 Å². The highest BCUT2D eigenvalue weighted by molar-refractivity contribution is 5.57. The third-order valence-corrected chi connectivity index (χ3v) is 3.83. The molecule has 0 bridgehead atoms. The summed E-state index contributed by atoms with van der Waals surface area (Å²) in [4.78, 5) is 6.32. The van der Waals surface area contributed by atoms with Gasteiger partial charge in [-0.1, -0.05) is 25.1 Å². The van der Waals surface area contributed by atoms with E-state index >= 15 is 0 Å². The molecular formula is C16H23N5O2. The van der Waals surface area contributed by atoms with E-state index < -0.39 is 0 Å². The third-order valence-electron chi connectivity index (χ3n) is 3.83. The van der Waals surface area contributed by atoms with Crippen LogP contribution in [0.4, 0.5) is 11.6 Å². The predicted molar refractivity (Wildman–Crippen MR) is 86.5 cm³/mol. The number of aromatic nitrogens is 4. The molecule has 1 fully saturated rings. The van der Waals surface area contributed by atoms with E-state index in [0.717, 1.165) is 17.2 Å². The Morgan fingerprint density at radius 2 is 2.09 bits per heavy atom. The number of ether oxygens (including phenoxy) is 2. The Morgan fingerprint density at radius 3 is 2.78 bits per heavy atom. The summed E-state index contributed by atoms with van der Waals surface area (Å²) in [6.07, 6.45) is 3.37. The van der Waals surface area contributed by atoms with Crippen LogP contribution in [-0.4, -0.2) is 46.5 Å². The third kappa shape index (κ3) is 3.68. The normalized spacial score (nSPS) is 18.1. The Labute approximate surface area is 136 Å². The Morgan fingerprint density at radius 1 is 1.35 bits per heavy atom. The van der Waals surface area contributed by atoms with Crippen molar-refractivity contribution in [3.05, 3.63) is 30.1 Å². The maximum absolute atomic E-state index is 5.73. The summed E-state index contributed by atoms with van der Waals surface area (Å²) in [5, 5.41) is 8.38. The first-order valence-corrected chi connectivity index (χ1v) is 7.73. The van der Waals surface area contributed by atoms with Crippen LogP contribution >= 0.6 is 0 Å². The lowest BCUT2D eigenvalue weighted by Crippen LogP contribution is -2.39. The van der Waals surface area contributed by atoms with Gasteiger partial charge in [0.1, 0.15) is 5.82 Å². The van der Waals surface area contributed by atoms with E-state index in [1.807, 2.05) is 37.2 Å². The molecule has 2 aromatic heterocycles. The van der Waals surface area contributed by atoms with Crippen LogP contribution in [0.2, 0.25) is 0 Å². The average molecular weight is 317 g/mol. The van der Waals surface area contributed by atoms with Crippen molar-refractivity contribution in [1.82, 2.24) is 20.0 Å². The van der Waals surface area contributed by atoms with Crippen molar-refractivity contribution in [2.45, 2.75) is 33.6 Å². The molecule has 0 atom stereocenters. The van der Waals surface area contributed by atoms with Crippen LogP contribution in [0.5, 0.6) is 0 Å². The van der Waals surface area contributed by atoms with Crippen molar-refractivity contribution < 1.29 is 9.47 Å². The minimum Gasteiger partial charge on any atom is -0.350 e. The van der Waals surface area contributed by atoms with Crippen LogP contribution < -0.4 is 4.90 Å². The molecular weight excluding hydrogens is 294 g/mol. The number of anilines is 2. The molecule has 0 amide bonds. The van der Waals surface area contributed by atoms with Gasteiger partial charge in [0.05, 0.1) is 26.0 Å². The smallest absolute Gasteiger partial charge is 0.177 e. The maximum atomic E-state index is 5.73. The Hall–Kier alpha value is -1.99. The van der Waals surface area contributed by atoms with E-state index in [-0.39, 0.29) is 11.7 Å². The standard InChI is InChI=1S/C16H23N5O2/c1-12-6-5-7-17-15(12)20(4)13-8-21(19-18-13)9-14-22-10-16(2,3)11-23-14/h5-8,14H,9-11H2,1-4H3. The summed E-state index contributed by atoms with van der Waals surface area (Å²) < 4.78 is 13.2. The number of nitrogens with zero attached hydrogens (tertiary/aromatic N) is 5. The van der Waals surface area contributed by atoms with E-state index in [9.17, 15) is 0 Å². The predicted octanol–water partition coefficient (Wildman–Crippen LogP) is 2.15.